The molecule has 2 aromatic heterocycles. The molecule has 0 amide bonds. The molecule has 3 heterocycles. The van der Waals surface area contributed by atoms with E-state index in [2.05, 4.69) is 64.4 Å². The van der Waals surface area contributed by atoms with E-state index in [0.29, 0.717) is 5.41 Å². The van der Waals surface area contributed by atoms with Crippen LogP contribution < -0.4 is 9.97 Å². The van der Waals surface area contributed by atoms with Gasteiger partial charge in [0, 0.05) is 13.1 Å². The molecule has 0 atom stereocenters. The summed E-state index contributed by atoms with van der Waals surface area (Å²) >= 11 is -0.284. The van der Waals surface area contributed by atoms with E-state index in [9.17, 15) is 0 Å². The van der Waals surface area contributed by atoms with Crippen LogP contribution in [0, 0.1) is 5.41 Å². The van der Waals surface area contributed by atoms with Crippen molar-refractivity contribution in [2.45, 2.75) is 67.5 Å². The van der Waals surface area contributed by atoms with Crippen molar-refractivity contribution < 1.29 is 17.9 Å². The molecule has 0 spiro atoms. The minimum atomic E-state index is -0.284. The smallest absolute Gasteiger partial charge is 0.00298 e. The normalized spacial score (nSPS) is 13.5. The number of hydrogen-bond acceptors (Lipinski definition) is 2. The van der Waals surface area contributed by atoms with Gasteiger partial charge in [0.15, 0.2) is 0 Å². The van der Waals surface area contributed by atoms with Crippen LogP contribution in [-0.2, 0) is 37.4 Å². The van der Waals surface area contributed by atoms with Gasteiger partial charge in [-0.1, -0.05) is 52.0 Å². The standard InChI is InChI=1S/C12H15N.C11H13N3.2C2H6.Mo/c1-12(2,3)9-8-10-6-4-5-7-11(10)13;1-14(8-10-4-2-6-12-10)9-11-5-3-7-13-11;2*1-2;/h1,4-7H,8-9H2,2-3H3;2-7H,8-9H2,1H3;2*1-2H3;/q;-2;;;. The minimum Gasteiger partial charge on any atom is -0.667 e. The van der Waals surface area contributed by atoms with Crippen molar-refractivity contribution >= 4 is 10.1 Å². The van der Waals surface area contributed by atoms with Gasteiger partial charge in [-0.2, -0.15) is 12.4 Å². The van der Waals surface area contributed by atoms with Crippen LogP contribution in [0.15, 0.2) is 64.4 Å². The minimum absolute atomic E-state index is 0.284. The van der Waals surface area contributed by atoms with E-state index >= 15 is 0 Å². The summed E-state index contributed by atoms with van der Waals surface area (Å²) in [6.45, 7) is 14.4. The zero-order valence-electron chi connectivity index (χ0n) is 20.9. The molecular formula is C27H40MoN4-2. The van der Waals surface area contributed by atoms with Gasteiger partial charge in [-0.15, -0.1) is 11.4 Å². The second kappa shape index (κ2) is 15.8. The molecule has 32 heavy (non-hydrogen) atoms. The summed E-state index contributed by atoms with van der Waals surface area (Å²) in [5, 5.41) is 0. The van der Waals surface area contributed by atoms with E-state index in [0.717, 1.165) is 30.9 Å². The third-order valence-corrected chi connectivity index (χ3v) is 7.22. The Labute approximate surface area is 203 Å². The van der Waals surface area contributed by atoms with Crippen LogP contribution >= 0.6 is 0 Å². The number of nitrogens with zero attached hydrogens (tertiary/aromatic N) is 4. The molecule has 0 fully saturated rings. The van der Waals surface area contributed by atoms with Crippen LogP contribution in [0.2, 0.25) is 0 Å². The summed E-state index contributed by atoms with van der Waals surface area (Å²) in [4.78, 5) is 10.6. The van der Waals surface area contributed by atoms with E-state index < -0.39 is 0 Å². The molecule has 0 radical (unpaired) electrons. The molecular weight excluding hydrogens is 476 g/mol. The van der Waals surface area contributed by atoms with Crippen molar-refractivity contribution in [3.05, 3.63) is 77.9 Å². The largest absolute Gasteiger partial charge is 0.667 e. The van der Waals surface area contributed by atoms with Crippen molar-refractivity contribution in [1.29, 1.82) is 0 Å². The van der Waals surface area contributed by atoms with Crippen LogP contribution in [0.5, 0.6) is 0 Å². The fraction of sp³-hybridized carbons (Fsp3) is 0.444. The number of fused-ring (bicyclic) bond motifs is 1. The molecule has 1 aromatic carbocycles. The Kier molecular flexibility index (Phi) is 13.9. The van der Waals surface area contributed by atoms with Gasteiger partial charge < -0.3 is 14.9 Å². The molecule has 5 heteroatoms. The summed E-state index contributed by atoms with van der Waals surface area (Å²) in [7, 11) is 2.07. The Balaban J connectivity index is 0.000000277. The van der Waals surface area contributed by atoms with E-state index in [1.165, 1.54) is 17.7 Å². The number of hydrogen-bond donors (Lipinski definition) is 0. The van der Waals surface area contributed by atoms with Crippen LogP contribution in [0.4, 0.5) is 5.69 Å². The second-order valence-corrected chi connectivity index (χ2v) is 9.41. The first-order valence-electron chi connectivity index (χ1n) is 11.6. The van der Waals surface area contributed by atoms with Crippen molar-refractivity contribution in [1.82, 2.24) is 14.9 Å². The van der Waals surface area contributed by atoms with Gasteiger partial charge in [0.1, 0.15) is 0 Å². The van der Waals surface area contributed by atoms with Crippen LogP contribution in [0.25, 0.3) is 0 Å². The van der Waals surface area contributed by atoms with Gasteiger partial charge in [0.05, 0.1) is 0 Å². The molecule has 1 aliphatic heterocycles. The van der Waals surface area contributed by atoms with Gasteiger partial charge >= 0.3 is 93.4 Å². The van der Waals surface area contributed by atoms with E-state index in [4.69, 9.17) is 3.50 Å². The van der Waals surface area contributed by atoms with Crippen LogP contribution in [0.1, 0.15) is 64.9 Å². The first-order chi connectivity index (χ1) is 15.5. The van der Waals surface area contributed by atoms with Gasteiger partial charge in [0.2, 0.25) is 0 Å². The number of aryl methyl sites for hydroxylation is 1. The average molecular weight is 517 g/mol. The Morgan fingerprint density at radius 3 is 1.97 bits per heavy atom. The number of rotatable bonds is 4. The molecule has 1 aliphatic rings. The molecule has 0 bridgehead atoms. The van der Waals surface area contributed by atoms with Gasteiger partial charge in [-0.05, 0) is 7.05 Å². The Bertz CT molecular complexity index is 869. The molecule has 3 aromatic rings. The fourth-order valence-corrected chi connectivity index (χ4v) is 4.86. The molecule has 0 unspecified atom stereocenters. The van der Waals surface area contributed by atoms with Crippen molar-refractivity contribution in [3.8, 4) is 0 Å². The predicted octanol–water partition coefficient (Wildman–Crippen LogP) is 6.64. The summed E-state index contributed by atoms with van der Waals surface area (Å²) < 4.78 is 7.17. The molecule has 176 valence electrons. The third kappa shape index (κ3) is 10.6. The zero-order chi connectivity index (χ0) is 23.8. The number of benzene rings is 1. The van der Waals surface area contributed by atoms with E-state index in [1.807, 2.05) is 64.4 Å². The summed E-state index contributed by atoms with van der Waals surface area (Å²) in [6, 6.07) is 16.6. The van der Waals surface area contributed by atoms with E-state index in [-0.39, 0.29) is 17.9 Å². The maximum Gasteiger partial charge on any atom is 0.00298 e. The monoisotopic (exact) mass is 518 g/mol. The third-order valence-electron chi connectivity index (χ3n) is 4.65. The maximum absolute atomic E-state index is 4.72. The van der Waals surface area contributed by atoms with E-state index in [1.54, 1.807) is 0 Å². The molecule has 0 N–H and O–H groups in total. The second-order valence-electron chi connectivity index (χ2n) is 7.86. The van der Waals surface area contributed by atoms with Crippen molar-refractivity contribution in [2.24, 2.45) is 8.91 Å². The maximum atomic E-state index is 4.72. The number of aromatic nitrogens is 2. The summed E-state index contributed by atoms with van der Waals surface area (Å²) in [5.74, 6) is 0. The van der Waals surface area contributed by atoms with Gasteiger partial charge in [-0.25, -0.2) is 0 Å². The predicted molar refractivity (Wildman–Crippen MR) is 134 cm³/mol. The Morgan fingerprint density at radius 1 is 0.875 bits per heavy atom. The van der Waals surface area contributed by atoms with Crippen molar-refractivity contribution in [3.63, 3.8) is 0 Å². The quantitative estimate of drug-likeness (QED) is 0.365. The molecule has 0 saturated heterocycles. The molecule has 0 saturated carbocycles. The SMILES string of the molecule is CC.CC.CC1(C)[CH]=[Mo]=[N]c2ccccc2CC1.CN(Cc1ccc[n-]1)Cc1ccc[n-]1. The summed E-state index contributed by atoms with van der Waals surface area (Å²) in [6.07, 6.45) is 6.06. The molecule has 4 rings (SSSR count). The molecule has 4 nitrogen and oxygen atoms in total. The first-order valence-corrected chi connectivity index (χ1v) is 13.7. The van der Waals surface area contributed by atoms with Gasteiger partial charge in [0.25, 0.3) is 0 Å². The summed E-state index contributed by atoms with van der Waals surface area (Å²) in [5.41, 5.74) is 5.28. The average Bonchev–Trinajstić information content (AvgIpc) is 3.50. The fourth-order valence-electron chi connectivity index (χ4n) is 3.02. The van der Waals surface area contributed by atoms with Crippen molar-refractivity contribution in [2.75, 3.05) is 7.05 Å². The Morgan fingerprint density at radius 2 is 1.44 bits per heavy atom. The van der Waals surface area contributed by atoms with Crippen LogP contribution in [0.3, 0.4) is 0 Å². The van der Waals surface area contributed by atoms with Gasteiger partial charge in [-0.3, -0.25) is 0 Å². The molecule has 0 aliphatic carbocycles. The topological polar surface area (TPSA) is 43.8 Å². The van der Waals surface area contributed by atoms with Crippen LogP contribution in [-0.4, -0.2) is 16.3 Å². The Hall–Kier alpha value is -1.90. The zero-order valence-corrected chi connectivity index (χ0v) is 22.9. The first kappa shape index (κ1) is 28.1.